The van der Waals surface area contributed by atoms with Gasteiger partial charge in [-0.15, -0.1) is 0 Å². The molecule has 0 bridgehead atoms. The summed E-state index contributed by atoms with van der Waals surface area (Å²) in [6.07, 6.45) is 2.15. The van der Waals surface area contributed by atoms with Crippen molar-refractivity contribution in [3.8, 4) is 5.75 Å². The Kier molecular flexibility index (Phi) is 7.48. The van der Waals surface area contributed by atoms with E-state index in [0.717, 1.165) is 12.8 Å². The van der Waals surface area contributed by atoms with E-state index in [2.05, 4.69) is 17.6 Å². The third kappa shape index (κ3) is 6.08. The predicted molar refractivity (Wildman–Crippen MR) is 105 cm³/mol. The summed E-state index contributed by atoms with van der Waals surface area (Å²) in [6, 6.07) is 12.6. The van der Waals surface area contributed by atoms with Gasteiger partial charge >= 0.3 is 0 Å². The first-order chi connectivity index (χ1) is 12.5. The van der Waals surface area contributed by atoms with Crippen LogP contribution in [0.2, 0.25) is 5.02 Å². The highest BCUT2D eigenvalue weighted by Crippen LogP contribution is 2.25. The van der Waals surface area contributed by atoms with Gasteiger partial charge in [-0.3, -0.25) is 9.59 Å². The van der Waals surface area contributed by atoms with Gasteiger partial charge < -0.3 is 15.4 Å². The molecule has 2 aromatic rings. The fraction of sp³-hybridized carbons (Fsp3) is 0.300. The summed E-state index contributed by atoms with van der Waals surface area (Å²) in [5, 5.41) is 5.86. The molecule has 2 amide bonds. The van der Waals surface area contributed by atoms with Crippen LogP contribution < -0.4 is 15.4 Å². The Morgan fingerprint density at radius 2 is 1.73 bits per heavy atom. The number of anilines is 2. The number of benzene rings is 2. The molecule has 0 aliphatic carbocycles. The maximum absolute atomic E-state index is 12.1. The fourth-order valence-corrected chi connectivity index (χ4v) is 2.47. The highest BCUT2D eigenvalue weighted by Gasteiger charge is 2.09. The van der Waals surface area contributed by atoms with Crippen LogP contribution in [0.4, 0.5) is 11.4 Å². The molecule has 2 aromatic carbocycles. The van der Waals surface area contributed by atoms with Crippen molar-refractivity contribution in [2.45, 2.75) is 33.1 Å². The van der Waals surface area contributed by atoms with Crippen molar-refractivity contribution in [3.63, 3.8) is 0 Å². The number of rotatable bonds is 8. The Hall–Kier alpha value is -2.53. The standard InChI is InChI=1S/C20H23ClN2O3/c1-3-5-19(24)22-15-8-11-17(21)18(12-15)23-20(25)13-26-16-9-6-14(4-2)7-10-16/h6-12H,3-5,13H2,1-2H3,(H,22,24)(H,23,25). The van der Waals surface area contributed by atoms with Gasteiger partial charge in [0.2, 0.25) is 5.91 Å². The summed E-state index contributed by atoms with van der Waals surface area (Å²) in [6.45, 7) is 3.88. The molecule has 0 aliphatic rings. The summed E-state index contributed by atoms with van der Waals surface area (Å²) in [4.78, 5) is 23.8. The van der Waals surface area contributed by atoms with Crippen molar-refractivity contribution < 1.29 is 14.3 Å². The molecule has 0 saturated carbocycles. The zero-order chi connectivity index (χ0) is 18.9. The van der Waals surface area contributed by atoms with Crippen molar-refractivity contribution in [3.05, 3.63) is 53.1 Å². The molecule has 6 heteroatoms. The first kappa shape index (κ1) is 19.8. The molecule has 0 aliphatic heterocycles. The molecule has 0 saturated heterocycles. The lowest BCUT2D eigenvalue weighted by molar-refractivity contribution is -0.118. The molecule has 2 rings (SSSR count). The molecule has 138 valence electrons. The number of amides is 2. The van der Waals surface area contributed by atoms with Crippen LogP contribution in [-0.4, -0.2) is 18.4 Å². The minimum absolute atomic E-state index is 0.0778. The second-order valence-corrected chi connectivity index (χ2v) is 6.23. The smallest absolute Gasteiger partial charge is 0.262 e. The average Bonchev–Trinajstić information content (AvgIpc) is 2.63. The topological polar surface area (TPSA) is 67.4 Å². The van der Waals surface area contributed by atoms with Gasteiger partial charge in [0.25, 0.3) is 5.91 Å². The second kappa shape index (κ2) is 9.82. The monoisotopic (exact) mass is 374 g/mol. The maximum Gasteiger partial charge on any atom is 0.262 e. The number of nitrogens with one attached hydrogen (secondary N) is 2. The number of carbonyl (C=O) groups is 2. The second-order valence-electron chi connectivity index (χ2n) is 5.83. The van der Waals surface area contributed by atoms with Crippen LogP contribution in [0.15, 0.2) is 42.5 Å². The van der Waals surface area contributed by atoms with Gasteiger partial charge in [-0.2, -0.15) is 0 Å². The third-order valence-corrected chi connectivity index (χ3v) is 4.03. The molecule has 0 spiro atoms. The lowest BCUT2D eigenvalue weighted by atomic mass is 10.2. The molecular weight excluding hydrogens is 352 g/mol. The van der Waals surface area contributed by atoms with Crippen LogP contribution in [0, 0.1) is 0 Å². The molecule has 0 atom stereocenters. The molecule has 0 aromatic heterocycles. The van der Waals surface area contributed by atoms with Gasteiger partial charge in [0, 0.05) is 12.1 Å². The number of carbonyl (C=O) groups excluding carboxylic acids is 2. The molecule has 26 heavy (non-hydrogen) atoms. The molecule has 0 fully saturated rings. The quantitative estimate of drug-likeness (QED) is 0.706. The van der Waals surface area contributed by atoms with E-state index < -0.39 is 0 Å². The highest BCUT2D eigenvalue weighted by molar-refractivity contribution is 6.33. The minimum Gasteiger partial charge on any atom is -0.484 e. The summed E-state index contributed by atoms with van der Waals surface area (Å²) >= 11 is 6.12. The van der Waals surface area contributed by atoms with E-state index in [9.17, 15) is 9.59 Å². The minimum atomic E-state index is -0.330. The fourth-order valence-electron chi connectivity index (χ4n) is 2.31. The molecule has 0 heterocycles. The van der Waals surface area contributed by atoms with Crippen molar-refractivity contribution >= 4 is 34.8 Å². The van der Waals surface area contributed by atoms with Crippen LogP contribution in [-0.2, 0) is 16.0 Å². The number of ether oxygens (including phenoxy) is 1. The first-order valence-corrected chi connectivity index (χ1v) is 9.00. The van der Waals surface area contributed by atoms with Crippen molar-refractivity contribution in [2.75, 3.05) is 17.2 Å². The SMILES string of the molecule is CCCC(=O)Nc1ccc(Cl)c(NC(=O)COc2ccc(CC)cc2)c1. The Morgan fingerprint density at radius 3 is 2.38 bits per heavy atom. The van der Waals surface area contributed by atoms with Crippen LogP contribution >= 0.6 is 11.6 Å². The van der Waals surface area contributed by atoms with Crippen molar-refractivity contribution in [1.29, 1.82) is 0 Å². The van der Waals surface area contributed by atoms with Crippen LogP contribution in [0.3, 0.4) is 0 Å². The lowest BCUT2D eigenvalue weighted by Crippen LogP contribution is -2.20. The van der Waals surface area contributed by atoms with Crippen molar-refractivity contribution in [1.82, 2.24) is 0 Å². The van der Waals surface area contributed by atoms with Crippen molar-refractivity contribution in [2.24, 2.45) is 0 Å². The van der Waals surface area contributed by atoms with E-state index in [0.29, 0.717) is 28.6 Å². The molecular formula is C20H23ClN2O3. The van der Waals surface area contributed by atoms with E-state index in [4.69, 9.17) is 16.3 Å². The lowest BCUT2D eigenvalue weighted by Gasteiger charge is -2.11. The first-order valence-electron chi connectivity index (χ1n) is 8.62. The van der Waals surface area contributed by atoms with Gasteiger partial charge in [-0.05, 0) is 48.7 Å². The molecule has 5 nitrogen and oxygen atoms in total. The van der Waals surface area contributed by atoms with Gasteiger partial charge in [0.05, 0.1) is 10.7 Å². The summed E-state index contributed by atoms with van der Waals surface area (Å²) in [5.41, 5.74) is 2.21. The molecule has 2 N–H and O–H groups in total. The summed E-state index contributed by atoms with van der Waals surface area (Å²) in [7, 11) is 0. The largest absolute Gasteiger partial charge is 0.484 e. The van der Waals surface area contributed by atoms with Gasteiger partial charge in [-0.1, -0.05) is 37.6 Å². The summed E-state index contributed by atoms with van der Waals surface area (Å²) in [5.74, 6) is 0.221. The molecule has 0 unspecified atom stereocenters. The number of aryl methyl sites for hydroxylation is 1. The Balaban J connectivity index is 1.93. The third-order valence-electron chi connectivity index (χ3n) is 3.70. The van der Waals surface area contributed by atoms with Gasteiger partial charge in [-0.25, -0.2) is 0 Å². The van der Waals surface area contributed by atoms with Crippen LogP contribution in [0.25, 0.3) is 0 Å². The van der Waals surface area contributed by atoms with E-state index in [1.807, 2.05) is 31.2 Å². The van der Waals surface area contributed by atoms with E-state index >= 15 is 0 Å². The van der Waals surface area contributed by atoms with E-state index in [1.54, 1.807) is 18.2 Å². The number of halogens is 1. The van der Waals surface area contributed by atoms with E-state index in [-0.39, 0.29) is 18.4 Å². The Bertz CT molecular complexity index is 760. The number of hydrogen-bond donors (Lipinski definition) is 2. The average molecular weight is 375 g/mol. The van der Waals surface area contributed by atoms with Gasteiger partial charge in [0.1, 0.15) is 5.75 Å². The Morgan fingerprint density at radius 1 is 1.00 bits per heavy atom. The highest BCUT2D eigenvalue weighted by atomic mass is 35.5. The predicted octanol–water partition coefficient (Wildman–Crippen LogP) is 4.66. The van der Waals surface area contributed by atoms with Crippen LogP contribution in [0.5, 0.6) is 5.75 Å². The zero-order valence-corrected chi connectivity index (χ0v) is 15.7. The zero-order valence-electron chi connectivity index (χ0n) is 15.0. The number of hydrogen-bond acceptors (Lipinski definition) is 3. The van der Waals surface area contributed by atoms with Crippen LogP contribution in [0.1, 0.15) is 32.3 Å². The maximum atomic E-state index is 12.1. The van der Waals surface area contributed by atoms with E-state index in [1.165, 1.54) is 5.56 Å². The summed E-state index contributed by atoms with van der Waals surface area (Å²) < 4.78 is 5.48. The normalized spacial score (nSPS) is 10.3. The van der Waals surface area contributed by atoms with Gasteiger partial charge in [0.15, 0.2) is 6.61 Å². The Labute approximate surface area is 158 Å². The molecule has 0 radical (unpaired) electrons.